The highest BCUT2D eigenvalue weighted by molar-refractivity contribution is 7.92. The molecule has 3 aromatic rings. The Morgan fingerprint density at radius 3 is 2.09 bits per heavy atom. The van der Waals surface area contributed by atoms with Gasteiger partial charge in [-0.3, -0.25) is 9.10 Å². The molecule has 0 bridgehead atoms. The van der Waals surface area contributed by atoms with Crippen LogP contribution < -0.4 is 9.62 Å². The number of carbonyl (C=O) groups is 1. The Bertz CT molecular complexity index is 1220. The number of amides is 1. The molecule has 0 fully saturated rings. The van der Waals surface area contributed by atoms with E-state index in [9.17, 15) is 13.2 Å². The Hall–Kier alpha value is -3.12. The lowest BCUT2D eigenvalue weighted by molar-refractivity contribution is -0.120. The van der Waals surface area contributed by atoms with Gasteiger partial charge in [0, 0.05) is 0 Å². The number of anilines is 1. The van der Waals surface area contributed by atoms with E-state index in [-0.39, 0.29) is 23.4 Å². The minimum Gasteiger partial charge on any atom is -0.348 e. The summed E-state index contributed by atoms with van der Waals surface area (Å²) >= 11 is 0. The summed E-state index contributed by atoms with van der Waals surface area (Å²) in [7, 11) is -3.95. The molecule has 0 saturated carbocycles. The first-order valence-electron chi connectivity index (χ1n) is 11.6. The molecule has 0 radical (unpaired) electrons. The van der Waals surface area contributed by atoms with E-state index in [0.717, 1.165) is 28.7 Å². The second-order valence-electron chi connectivity index (χ2n) is 9.28. The van der Waals surface area contributed by atoms with E-state index >= 15 is 0 Å². The smallest absolute Gasteiger partial charge is 0.264 e. The molecule has 6 heteroatoms. The normalized spacial score (nSPS) is 12.4. The first-order valence-corrected chi connectivity index (χ1v) is 13.0. The molecule has 1 N–H and O–H groups in total. The van der Waals surface area contributed by atoms with E-state index in [0.29, 0.717) is 11.6 Å². The van der Waals surface area contributed by atoms with Gasteiger partial charge in [-0.25, -0.2) is 8.42 Å². The zero-order valence-electron chi connectivity index (χ0n) is 20.6. The van der Waals surface area contributed by atoms with E-state index < -0.39 is 10.0 Å². The minimum absolute atomic E-state index is 0.160. The van der Waals surface area contributed by atoms with Gasteiger partial charge in [0.2, 0.25) is 5.91 Å². The zero-order valence-corrected chi connectivity index (χ0v) is 21.4. The Kier molecular flexibility index (Phi) is 8.15. The van der Waals surface area contributed by atoms with E-state index in [1.54, 1.807) is 30.3 Å². The van der Waals surface area contributed by atoms with Crippen molar-refractivity contribution in [2.24, 2.45) is 5.92 Å². The summed E-state index contributed by atoms with van der Waals surface area (Å²) in [6.45, 7) is 9.63. The van der Waals surface area contributed by atoms with Gasteiger partial charge < -0.3 is 5.32 Å². The third-order valence-electron chi connectivity index (χ3n) is 5.76. The molecule has 1 amide bonds. The Morgan fingerprint density at radius 2 is 1.50 bits per heavy atom. The lowest BCUT2D eigenvalue weighted by Gasteiger charge is -2.28. The van der Waals surface area contributed by atoms with E-state index in [1.165, 1.54) is 4.31 Å². The van der Waals surface area contributed by atoms with Crippen molar-refractivity contribution in [3.05, 3.63) is 95.1 Å². The fraction of sp³-hybridized carbons (Fsp3) is 0.321. The van der Waals surface area contributed by atoms with Crippen LogP contribution in [0, 0.1) is 26.7 Å². The maximum Gasteiger partial charge on any atom is 0.264 e. The maximum atomic E-state index is 13.7. The van der Waals surface area contributed by atoms with Gasteiger partial charge in [0.25, 0.3) is 10.0 Å². The molecule has 0 heterocycles. The van der Waals surface area contributed by atoms with Crippen molar-refractivity contribution in [1.82, 2.24) is 5.32 Å². The van der Waals surface area contributed by atoms with Crippen LogP contribution in [0.15, 0.2) is 77.7 Å². The highest BCUT2D eigenvalue weighted by atomic mass is 32.2. The van der Waals surface area contributed by atoms with Gasteiger partial charge in [-0.15, -0.1) is 0 Å². The summed E-state index contributed by atoms with van der Waals surface area (Å²) in [5.41, 5.74) is 4.30. The van der Waals surface area contributed by atoms with Crippen molar-refractivity contribution >= 4 is 21.6 Å². The largest absolute Gasteiger partial charge is 0.348 e. The van der Waals surface area contributed by atoms with E-state index in [4.69, 9.17) is 0 Å². The van der Waals surface area contributed by atoms with E-state index in [1.807, 2.05) is 63.2 Å². The molecule has 0 aliphatic heterocycles. The molecule has 3 aromatic carbocycles. The van der Waals surface area contributed by atoms with Crippen LogP contribution in [-0.4, -0.2) is 20.9 Å². The summed E-state index contributed by atoms with van der Waals surface area (Å²) in [4.78, 5) is 13.4. The molecule has 1 atom stereocenters. The number of rotatable bonds is 9. The quantitative estimate of drug-likeness (QED) is 0.428. The average molecular weight is 479 g/mol. The molecule has 0 spiro atoms. The molecular weight excluding hydrogens is 444 g/mol. The second-order valence-corrected chi connectivity index (χ2v) is 11.1. The predicted molar refractivity (Wildman–Crippen MR) is 138 cm³/mol. The number of carbonyl (C=O) groups excluding carboxylic acids is 1. The van der Waals surface area contributed by atoms with Crippen LogP contribution >= 0.6 is 0 Å². The summed E-state index contributed by atoms with van der Waals surface area (Å²) in [5.74, 6) is 0.0161. The third kappa shape index (κ3) is 6.26. The lowest BCUT2D eigenvalue weighted by atomic mass is 9.97. The van der Waals surface area contributed by atoms with Gasteiger partial charge in [-0.05, 0) is 62.4 Å². The van der Waals surface area contributed by atoms with Crippen molar-refractivity contribution < 1.29 is 13.2 Å². The first-order chi connectivity index (χ1) is 16.1. The number of benzene rings is 3. The molecular formula is C28H34N2O3S. The zero-order chi connectivity index (χ0) is 24.9. The van der Waals surface area contributed by atoms with Gasteiger partial charge >= 0.3 is 0 Å². The van der Waals surface area contributed by atoms with Gasteiger partial charge in [0.15, 0.2) is 0 Å². The van der Waals surface area contributed by atoms with Crippen LogP contribution in [0.5, 0.6) is 0 Å². The topological polar surface area (TPSA) is 66.5 Å². The Morgan fingerprint density at radius 1 is 0.882 bits per heavy atom. The lowest BCUT2D eigenvalue weighted by Crippen LogP contribution is -2.42. The van der Waals surface area contributed by atoms with Crippen LogP contribution in [0.4, 0.5) is 5.69 Å². The first kappa shape index (κ1) is 25.5. The molecule has 34 heavy (non-hydrogen) atoms. The van der Waals surface area contributed by atoms with Crippen LogP contribution in [0.2, 0.25) is 0 Å². The number of nitrogens with zero attached hydrogens (tertiary/aromatic N) is 1. The molecule has 0 saturated heterocycles. The van der Waals surface area contributed by atoms with Crippen molar-refractivity contribution in [3.8, 4) is 0 Å². The fourth-order valence-electron chi connectivity index (χ4n) is 4.03. The molecule has 0 unspecified atom stereocenters. The van der Waals surface area contributed by atoms with Crippen LogP contribution in [0.1, 0.15) is 48.6 Å². The number of aryl methyl sites for hydroxylation is 3. The Labute approximate surface area is 203 Å². The monoisotopic (exact) mass is 478 g/mol. The van der Waals surface area contributed by atoms with Gasteiger partial charge in [0.1, 0.15) is 6.54 Å². The van der Waals surface area contributed by atoms with Crippen LogP contribution in [-0.2, 0) is 14.8 Å². The number of hydrogen-bond donors (Lipinski definition) is 1. The molecule has 0 aromatic heterocycles. The molecule has 0 aliphatic carbocycles. The van der Waals surface area contributed by atoms with Crippen molar-refractivity contribution in [2.75, 3.05) is 10.8 Å². The predicted octanol–water partition coefficient (Wildman–Crippen LogP) is 5.71. The second kappa shape index (κ2) is 10.9. The average Bonchev–Trinajstić information content (AvgIpc) is 2.78. The molecule has 0 aliphatic rings. The van der Waals surface area contributed by atoms with Gasteiger partial charge in [-0.2, -0.15) is 0 Å². The van der Waals surface area contributed by atoms with Crippen molar-refractivity contribution in [3.63, 3.8) is 0 Å². The van der Waals surface area contributed by atoms with Crippen LogP contribution in [0.25, 0.3) is 0 Å². The number of sulfonamides is 1. The van der Waals surface area contributed by atoms with Crippen molar-refractivity contribution in [2.45, 2.75) is 52.0 Å². The number of hydrogen-bond acceptors (Lipinski definition) is 3. The van der Waals surface area contributed by atoms with E-state index in [2.05, 4.69) is 19.2 Å². The van der Waals surface area contributed by atoms with Gasteiger partial charge in [0.05, 0.1) is 16.6 Å². The highest BCUT2D eigenvalue weighted by Crippen LogP contribution is 2.28. The Balaban J connectivity index is 1.96. The standard InChI is InChI=1S/C28H34N2O3S/c1-20(2)17-26(24-9-7-6-8-10-24)29-28(31)19-30(27-16-13-22(4)18-23(27)5)34(32,33)25-14-11-21(3)12-15-25/h6-16,18,20,26H,17,19H2,1-5H3,(H,29,31)/t26-/m0/s1. The SMILES string of the molecule is Cc1ccc(S(=O)(=O)N(CC(=O)N[C@@H](CC(C)C)c2ccccc2)c2ccc(C)cc2C)cc1. The summed E-state index contributed by atoms with van der Waals surface area (Å²) < 4.78 is 28.6. The maximum absolute atomic E-state index is 13.7. The molecule has 3 rings (SSSR count). The molecule has 5 nitrogen and oxygen atoms in total. The summed E-state index contributed by atoms with van der Waals surface area (Å²) in [6, 6.07) is 21.9. The highest BCUT2D eigenvalue weighted by Gasteiger charge is 2.29. The minimum atomic E-state index is -3.95. The van der Waals surface area contributed by atoms with Crippen molar-refractivity contribution in [1.29, 1.82) is 0 Å². The van der Waals surface area contributed by atoms with Crippen LogP contribution in [0.3, 0.4) is 0 Å². The summed E-state index contributed by atoms with van der Waals surface area (Å²) in [5, 5.41) is 3.08. The summed E-state index contributed by atoms with van der Waals surface area (Å²) in [6.07, 6.45) is 0.754. The van der Waals surface area contributed by atoms with Gasteiger partial charge in [-0.1, -0.05) is 79.6 Å². The molecule has 180 valence electrons. The number of nitrogens with one attached hydrogen (secondary N) is 1. The fourth-order valence-corrected chi connectivity index (χ4v) is 5.51. The third-order valence-corrected chi connectivity index (χ3v) is 7.54.